The number of nitrogen functional groups attached to an aromatic ring is 1. The van der Waals surface area contributed by atoms with Gasteiger partial charge in [0.2, 0.25) is 0 Å². The molecule has 0 spiro atoms. The molecule has 1 aromatic heterocycles. The predicted octanol–water partition coefficient (Wildman–Crippen LogP) is 2.78. The maximum absolute atomic E-state index is 5.96. The summed E-state index contributed by atoms with van der Waals surface area (Å²) in [5.41, 5.74) is 8.87. The molecule has 2 N–H and O–H groups in total. The molecular formula is C13H16N2O. The van der Waals surface area contributed by atoms with Crippen molar-refractivity contribution in [3.05, 3.63) is 30.0 Å². The fourth-order valence-electron chi connectivity index (χ4n) is 1.90. The zero-order valence-electron chi connectivity index (χ0n) is 9.66. The van der Waals surface area contributed by atoms with Crippen molar-refractivity contribution in [2.75, 3.05) is 12.8 Å². The first-order valence-electron chi connectivity index (χ1n) is 5.47. The molecule has 0 amide bonds. The summed E-state index contributed by atoms with van der Waals surface area (Å²) in [6, 6.07) is 5.89. The number of nitrogens with two attached hydrogens (primary N) is 1. The summed E-state index contributed by atoms with van der Waals surface area (Å²) < 4.78 is 5.23. The van der Waals surface area contributed by atoms with Crippen LogP contribution in [0.4, 0.5) is 5.69 Å². The number of hydrogen-bond acceptors (Lipinski definition) is 3. The van der Waals surface area contributed by atoms with Gasteiger partial charge in [0.15, 0.2) is 0 Å². The van der Waals surface area contributed by atoms with E-state index in [1.165, 1.54) is 5.56 Å². The van der Waals surface area contributed by atoms with Crippen LogP contribution in [0.3, 0.4) is 0 Å². The van der Waals surface area contributed by atoms with Crippen molar-refractivity contribution in [3.63, 3.8) is 0 Å². The molecule has 16 heavy (non-hydrogen) atoms. The van der Waals surface area contributed by atoms with E-state index in [1.807, 2.05) is 18.2 Å². The summed E-state index contributed by atoms with van der Waals surface area (Å²) in [4.78, 5) is 4.32. The molecule has 0 unspecified atom stereocenters. The number of aryl methyl sites for hydroxylation is 1. The normalized spacial score (nSPS) is 10.6. The number of rotatable bonds is 3. The molecule has 2 rings (SSSR count). The Labute approximate surface area is 95.2 Å². The maximum Gasteiger partial charge on any atom is 0.119 e. The molecule has 0 saturated carbocycles. The molecule has 2 aromatic rings. The summed E-state index contributed by atoms with van der Waals surface area (Å²) in [7, 11) is 1.67. The Morgan fingerprint density at radius 2 is 2.19 bits per heavy atom. The zero-order chi connectivity index (χ0) is 11.5. The fraction of sp³-hybridized carbons (Fsp3) is 0.308. The maximum atomic E-state index is 5.96. The van der Waals surface area contributed by atoms with Gasteiger partial charge in [0, 0.05) is 5.39 Å². The number of ether oxygens (including phenoxy) is 1. The van der Waals surface area contributed by atoms with Gasteiger partial charge < -0.3 is 10.5 Å². The third-order valence-electron chi connectivity index (χ3n) is 2.72. The molecule has 0 fully saturated rings. The van der Waals surface area contributed by atoms with Crippen molar-refractivity contribution in [3.8, 4) is 5.75 Å². The molecule has 0 radical (unpaired) electrons. The lowest BCUT2D eigenvalue weighted by molar-refractivity contribution is 0.415. The Hall–Kier alpha value is -1.77. The van der Waals surface area contributed by atoms with Crippen molar-refractivity contribution in [2.24, 2.45) is 0 Å². The lowest BCUT2D eigenvalue weighted by atomic mass is 10.0. The Balaban J connectivity index is 2.67. The quantitative estimate of drug-likeness (QED) is 0.858. The van der Waals surface area contributed by atoms with Crippen LogP contribution in [0.5, 0.6) is 5.75 Å². The van der Waals surface area contributed by atoms with Crippen LogP contribution in [0.2, 0.25) is 0 Å². The number of fused-ring (bicyclic) bond motifs is 1. The summed E-state index contributed by atoms with van der Waals surface area (Å²) in [5, 5.41) is 1.10. The van der Waals surface area contributed by atoms with Crippen LogP contribution in [0, 0.1) is 0 Å². The number of methoxy groups -OCH3 is 1. The van der Waals surface area contributed by atoms with Gasteiger partial charge >= 0.3 is 0 Å². The van der Waals surface area contributed by atoms with Gasteiger partial charge in [-0.25, -0.2) is 0 Å². The van der Waals surface area contributed by atoms with Crippen LogP contribution in [0.15, 0.2) is 24.4 Å². The third-order valence-corrected chi connectivity index (χ3v) is 2.72. The fourth-order valence-corrected chi connectivity index (χ4v) is 1.90. The predicted molar refractivity (Wildman–Crippen MR) is 66.7 cm³/mol. The molecule has 1 aromatic carbocycles. The van der Waals surface area contributed by atoms with E-state index in [0.717, 1.165) is 35.2 Å². The molecule has 84 valence electrons. The molecule has 0 bridgehead atoms. The molecule has 0 aliphatic heterocycles. The largest absolute Gasteiger partial charge is 0.497 e. The van der Waals surface area contributed by atoms with Crippen LogP contribution in [-0.4, -0.2) is 12.1 Å². The monoisotopic (exact) mass is 216 g/mol. The van der Waals surface area contributed by atoms with E-state index in [-0.39, 0.29) is 0 Å². The van der Waals surface area contributed by atoms with Gasteiger partial charge in [-0.3, -0.25) is 4.98 Å². The highest BCUT2D eigenvalue weighted by Gasteiger charge is 2.06. The van der Waals surface area contributed by atoms with E-state index in [1.54, 1.807) is 13.3 Å². The molecular weight excluding hydrogens is 200 g/mol. The molecule has 0 aliphatic carbocycles. The number of nitrogens with zero attached hydrogens (tertiary/aromatic N) is 1. The van der Waals surface area contributed by atoms with Crippen molar-refractivity contribution in [1.29, 1.82) is 0 Å². The second kappa shape index (κ2) is 4.39. The van der Waals surface area contributed by atoms with Crippen LogP contribution in [0.25, 0.3) is 10.9 Å². The zero-order valence-corrected chi connectivity index (χ0v) is 9.66. The topological polar surface area (TPSA) is 48.1 Å². The number of pyridine rings is 1. The van der Waals surface area contributed by atoms with Crippen molar-refractivity contribution in [1.82, 2.24) is 4.98 Å². The van der Waals surface area contributed by atoms with Crippen molar-refractivity contribution in [2.45, 2.75) is 19.8 Å². The molecule has 0 saturated heterocycles. The van der Waals surface area contributed by atoms with Crippen molar-refractivity contribution >= 4 is 16.6 Å². The van der Waals surface area contributed by atoms with Crippen LogP contribution in [-0.2, 0) is 6.42 Å². The highest BCUT2D eigenvalue weighted by molar-refractivity contribution is 5.87. The third kappa shape index (κ3) is 1.81. The lowest BCUT2D eigenvalue weighted by Crippen LogP contribution is -1.97. The molecule has 3 heteroatoms. The van der Waals surface area contributed by atoms with Gasteiger partial charge in [0.1, 0.15) is 5.75 Å². The Morgan fingerprint density at radius 3 is 2.88 bits per heavy atom. The van der Waals surface area contributed by atoms with Gasteiger partial charge in [-0.15, -0.1) is 0 Å². The van der Waals surface area contributed by atoms with Gasteiger partial charge in [-0.1, -0.05) is 13.3 Å². The van der Waals surface area contributed by atoms with E-state index in [2.05, 4.69) is 11.9 Å². The summed E-state index contributed by atoms with van der Waals surface area (Å²) in [6.45, 7) is 2.14. The highest BCUT2D eigenvalue weighted by atomic mass is 16.5. The second-order valence-corrected chi connectivity index (χ2v) is 3.83. The minimum Gasteiger partial charge on any atom is -0.497 e. The van der Waals surface area contributed by atoms with Crippen LogP contribution in [0.1, 0.15) is 18.9 Å². The van der Waals surface area contributed by atoms with Crippen molar-refractivity contribution < 1.29 is 4.74 Å². The summed E-state index contributed by atoms with van der Waals surface area (Å²) >= 11 is 0. The van der Waals surface area contributed by atoms with Crippen LogP contribution >= 0.6 is 0 Å². The Morgan fingerprint density at radius 1 is 1.38 bits per heavy atom. The van der Waals surface area contributed by atoms with Gasteiger partial charge in [0.05, 0.1) is 24.5 Å². The summed E-state index contributed by atoms with van der Waals surface area (Å²) in [5.74, 6) is 0.845. The van der Waals surface area contributed by atoms with Gasteiger partial charge in [-0.2, -0.15) is 0 Å². The number of benzene rings is 1. The van der Waals surface area contributed by atoms with E-state index in [0.29, 0.717) is 0 Å². The first-order chi connectivity index (χ1) is 7.76. The number of hydrogen-bond donors (Lipinski definition) is 1. The summed E-state index contributed by atoms with van der Waals surface area (Å²) in [6.07, 6.45) is 3.78. The van der Waals surface area contributed by atoms with E-state index in [9.17, 15) is 0 Å². The Bertz CT molecular complexity index is 509. The van der Waals surface area contributed by atoms with Gasteiger partial charge in [0.25, 0.3) is 0 Å². The van der Waals surface area contributed by atoms with E-state index < -0.39 is 0 Å². The van der Waals surface area contributed by atoms with E-state index in [4.69, 9.17) is 10.5 Å². The minimum absolute atomic E-state index is 0.766. The first kappa shape index (κ1) is 10.7. The number of anilines is 1. The molecule has 0 atom stereocenters. The first-order valence-corrected chi connectivity index (χ1v) is 5.47. The average molecular weight is 216 g/mol. The van der Waals surface area contributed by atoms with E-state index >= 15 is 0 Å². The van der Waals surface area contributed by atoms with Crippen LogP contribution < -0.4 is 10.5 Å². The lowest BCUT2D eigenvalue weighted by Gasteiger charge is -2.09. The number of aromatic nitrogens is 1. The molecule has 3 nitrogen and oxygen atoms in total. The molecule has 0 aliphatic rings. The Kier molecular flexibility index (Phi) is 2.95. The van der Waals surface area contributed by atoms with Gasteiger partial charge in [-0.05, 0) is 30.2 Å². The standard InChI is InChI=1S/C13H16N2O/c1-3-4-10-11-7-9(16-2)5-6-13(11)15-8-12(10)14/h5-8H,3-4,14H2,1-2H3. The molecule has 1 heterocycles. The second-order valence-electron chi connectivity index (χ2n) is 3.83. The average Bonchev–Trinajstić information content (AvgIpc) is 2.32. The smallest absolute Gasteiger partial charge is 0.119 e. The highest BCUT2D eigenvalue weighted by Crippen LogP contribution is 2.27. The SMILES string of the molecule is CCCc1c(N)cnc2ccc(OC)cc12. The minimum atomic E-state index is 0.766.